The Hall–Kier alpha value is -0.163. The molecule has 0 bridgehead atoms. The van der Waals surface area contributed by atoms with Crippen molar-refractivity contribution in [1.82, 2.24) is 0 Å². The lowest BCUT2D eigenvalue weighted by Crippen LogP contribution is -2.23. The maximum Gasteiger partial charge on any atom is 0.577 e. The van der Waals surface area contributed by atoms with Crippen LogP contribution in [-0.2, 0) is 13.3 Å². The van der Waals surface area contributed by atoms with E-state index in [4.69, 9.17) is 13.3 Å². The first-order valence-electron chi connectivity index (χ1n) is 2.53. The van der Waals surface area contributed by atoms with Gasteiger partial charge in [-0.2, -0.15) is 0 Å². The molecule has 0 rings (SSSR count). The van der Waals surface area contributed by atoms with Crippen LogP contribution in [-0.4, -0.2) is 30.4 Å². The van der Waals surface area contributed by atoms with Crippen LogP contribution in [0, 0.1) is 0 Å². The van der Waals surface area contributed by atoms with Gasteiger partial charge in [-0.15, -0.1) is 6.58 Å². The smallest absolute Gasteiger partial charge is 0.375 e. The van der Waals surface area contributed by atoms with Crippen molar-refractivity contribution in [3.05, 3.63) is 12.7 Å². The summed E-state index contributed by atoms with van der Waals surface area (Å²) in [4.78, 5) is 0. The molecule has 4 heteroatoms. The Morgan fingerprint density at radius 2 is 2.00 bits per heavy atom. The number of hydrogen-bond donors (Lipinski definition) is 0. The molecule has 3 nitrogen and oxygen atoms in total. The van der Waals surface area contributed by atoms with Crippen LogP contribution in [0.15, 0.2) is 12.7 Å². The van der Waals surface area contributed by atoms with Crippen LogP contribution in [0.5, 0.6) is 0 Å². The van der Waals surface area contributed by atoms with Crippen molar-refractivity contribution in [2.75, 3.05) is 20.8 Å². The maximum absolute atomic E-state index is 5.03. The highest BCUT2D eigenvalue weighted by Gasteiger charge is 2.12. The molecule has 0 aromatic carbocycles. The molecule has 9 heavy (non-hydrogen) atoms. The second kappa shape index (κ2) is 5.96. The van der Waals surface area contributed by atoms with E-state index in [-0.39, 0.29) is 0 Å². The van der Waals surface area contributed by atoms with Crippen molar-refractivity contribution in [3.8, 4) is 0 Å². The lowest BCUT2D eigenvalue weighted by molar-refractivity contribution is 0.149. The van der Waals surface area contributed by atoms with Gasteiger partial charge in [-0.3, -0.25) is 0 Å². The fraction of sp³-hybridized carbons (Fsp3) is 0.600. The Balaban J connectivity index is 3.19. The average Bonchev–Trinajstić information content (AvgIpc) is 1.91. The van der Waals surface area contributed by atoms with Gasteiger partial charge in [0, 0.05) is 14.2 Å². The molecule has 0 heterocycles. The summed E-state index contributed by atoms with van der Waals surface area (Å²) < 4.78 is 14.7. The number of hydrogen-bond acceptors (Lipinski definition) is 3. The molecule has 0 aromatic heterocycles. The molecule has 0 unspecified atom stereocenters. The maximum atomic E-state index is 5.03. The Morgan fingerprint density at radius 3 is 2.33 bits per heavy atom. The normalized spacial score (nSPS) is 10.1. The van der Waals surface area contributed by atoms with E-state index < -0.39 is 9.53 Å². The molecular weight excluding hydrogens is 136 g/mol. The van der Waals surface area contributed by atoms with E-state index in [1.807, 2.05) is 0 Å². The third-order valence-electron chi connectivity index (χ3n) is 0.652. The number of rotatable bonds is 5. The van der Waals surface area contributed by atoms with E-state index in [0.717, 1.165) is 0 Å². The van der Waals surface area contributed by atoms with Gasteiger partial charge < -0.3 is 13.3 Å². The van der Waals surface area contributed by atoms with Gasteiger partial charge in [0.25, 0.3) is 0 Å². The van der Waals surface area contributed by atoms with Crippen molar-refractivity contribution < 1.29 is 13.3 Å². The molecule has 0 spiro atoms. The van der Waals surface area contributed by atoms with Crippen molar-refractivity contribution in [1.29, 1.82) is 0 Å². The van der Waals surface area contributed by atoms with Gasteiger partial charge in [0.2, 0.25) is 0 Å². The lowest BCUT2D eigenvalue weighted by atomic mass is 10.7. The van der Waals surface area contributed by atoms with Gasteiger partial charge >= 0.3 is 9.53 Å². The van der Waals surface area contributed by atoms with Gasteiger partial charge in [0.15, 0.2) is 0 Å². The first-order chi connectivity index (χ1) is 4.35. The highest BCUT2D eigenvalue weighted by molar-refractivity contribution is 6.36. The van der Waals surface area contributed by atoms with Crippen LogP contribution in [0.25, 0.3) is 0 Å². The van der Waals surface area contributed by atoms with E-state index in [1.54, 1.807) is 20.3 Å². The predicted octanol–water partition coefficient (Wildman–Crippen LogP) is 0.467. The van der Waals surface area contributed by atoms with Crippen molar-refractivity contribution >= 4 is 9.53 Å². The Labute approximate surface area is 57.2 Å². The van der Waals surface area contributed by atoms with E-state index in [0.29, 0.717) is 6.61 Å². The quantitative estimate of drug-likeness (QED) is 0.418. The zero-order chi connectivity index (χ0) is 7.11. The second-order valence-corrected chi connectivity index (χ2v) is 2.86. The minimum Gasteiger partial charge on any atom is -0.375 e. The van der Waals surface area contributed by atoms with E-state index in [2.05, 4.69) is 6.58 Å². The van der Waals surface area contributed by atoms with Crippen LogP contribution in [0.1, 0.15) is 0 Å². The topological polar surface area (TPSA) is 27.7 Å². The minimum atomic E-state index is -1.46. The molecule has 0 saturated carbocycles. The van der Waals surface area contributed by atoms with Crippen molar-refractivity contribution in [2.24, 2.45) is 0 Å². The summed E-state index contributed by atoms with van der Waals surface area (Å²) in [5.41, 5.74) is 0. The zero-order valence-corrected chi connectivity index (χ0v) is 6.72. The van der Waals surface area contributed by atoms with Crippen LogP contribution in [0.4, 0.5) is 0 Å². The molecule has 0 aliphatic heterocycles. The minimum absolute atomic E-state index is 0.482. The van der Waals surface area contributed by atoms with E-state index >= 15 is 0 Å². The molecule has 0 atom stereocenters. The SMILES string of the molecule is C=CCO[Si](OC)OC. The monoisotopic (exact) mass is 147 g/mol. The molecule has 0 aliphatic carbocycles. The summed E-state index contributed by atoms with van der Waals surface area (Å²) in [6, 6.07) is 0. The molecule has 1 radical (unpaired) electrons. The zero-order valence-electron chi connectivity index (χ0n) is 5.72. The van der Waals surface area contributed by atoms with Crippen LogP contribution in [0.2, 0.25) is 0 Å². The highest BCUT2D eigenvalue weighted by atomic mass is 28.3. The molecule has 0 N–H and O–H groups in total. The average molecular weight is 147 g/mol. The van der Waals surface area contributed by atoms with Crippen molar-refractivity contribution in [2.45, 2.75) is 0 Å². The van der Waals surface area contributed by atoms with Gasteiger partial charge in [0.05, 0.1) is 6.61 Å². The predicted molar refractivity (Wildman–Crippen MR) is 35.9 cm³/mol. The van der Waals surface area contributed by atoms with Gasteiger partial charge in [-0.1, -0.05) is 6.08 Å². The fourth-order valence-corrected chi connectivity index (χ4v) is 0.984. The summed E-state index contributed by atoms with van der Waals surface area (Å²) >= 11 is 0. The standard InChI is InChI=1S/C5H11O3Si/c1-4-5-8-9(6-2)7-3/h4H,1,5H2,2-3H3. The second-order valence-electron chi connectivity index (χ2n) is 1.26. The molecule has 0 aliphatic rings. The summed E-state index contributed by atoms with van der Waals surface area (Å²) in [6.07, 6.45) is 1.66. The molecular formula is C5H11O3Si. The summed E-state index contributed by atoms with van der Waals surface area (Å²) in [5.74, 6) is 0. The Bertz CT molecular complexity index is 72.6. The molecule has 53 valence electrons. The third-order valence-corrected chi connectivity index (χ3v) is 1.72. The first kappa shape index (κ1) is 8.84. The summed E-state index contributed by atoms with van der Waals surface area (Å²) in [6.45, 7) is 3.96. The van der Waals surface area contributed by atoms with Gasteiger partial charge in [-0.25, -0.2) is 0 Å². The molecule has 0 aromatic rings. The summed E-state index contributed by atoms with van der Waals surface area (Å²) in [5, 5.41) is 0. The Morgan fingerprint density at radius 1 is 1.44 bits per heavy atom. The van der Waals surface area contributed by atoms with Crippen LogP contribution in [0.3, 0.4) is 0 Å². The molecule has 0 fully saturated rings. The van der Waals surface area contributed by atoms with Crippen LogP contribution >= 0.6 is 0 Å². The Kier molecular flexibility index (Phi) is 5.86. The highest BCUT2D eigenvalue weighted by Crippen LogP contribution is 1.86. The largest absolute Gasteiger partial charge is 0.577 e. The summed E-state index contributed by atoms with van der Waals surface area (Å²) in [7, 11) is 1.66. The fourth-order valence-electron chi connectivity index (χ4n) is 0.328. The first-order valence-corrected chi connectivity index (χ1v) is 3.76. The van der Waals surface area contributed by atoms with Crippen LogP contribution < -0.4 is 0 Å². The molecule has 0 saturated heterocycles. The third kappa shape index (κ3) is 4.35. The van der Waals surface area contributed by atoms with Gasteiger partial charge in [0.1, 0.15) is 0 Å². The van der Waals surface area contributed by atoms with E-state index in [1.165, 1.54) is 0 Å². The lowest BCUT2D eigenvalue weighted by Gasteiger charge is -2.05. The van der Waals surface area contributed by atoms with Crippen molar-refractivity contribution in [3.63, 3.8) is 0 Å². The van der Waals surface area contributed by atoms with E-state index in [9.17, 15) is 0 Å². The van der Waals surface area contributed by atoms with Gasteiger partial charge in [-0.05, 0) is 0 Å². The molecule has 0 amide bonds.